The molecular weight excluding hydrogens is 196 g/mol. The minimum Gasteiger partial charge on any atom is -0.542 e. The monoisotopic (exact) mass is 203 g/mol. The van der Waals surface area contributed by atoms with Crippen LogP contribution in [0.4, 0.5) is 0 Å². The van der Waals surface area contributed by atoms with Gasteiger partial charge < -0.3 is 15.0 Å². The van der Waals surface area contributed by atoms with E-state index in [0.717, 1.165) is 13.8 Å². The van der Waals surface area contributed by atoms with Crippen molar-refractivity contribution in [3.8, 4) is 0 Å². The van der Waals surface area contributed by atoms with E-state index in [2.05, 4.69) is 0 Å². The quantitative estimate of drug-likeness (QED) is 0.273. The molecule has 0 saturated carbocycles. The molecular formula is C6H7NaO6. The number of carbonyl (C=O) groups excluding carboxylic acids is 3. The zero-order valence-corrected chi connectivity index (χ0v) is 9.49. The Balaban J connectivity index is -0.000000143. The van der Waals surface area contributed by atoms with Crippen molar-refractivity contribution in [3.63, 3.8) is 0 Å². The molecule has 0 aliphatic carbocycles. The predicted octanol–water partition coefficient (Wildman–Crippen LogP) is -5.01. The molecule has 0 spiro atoms. The minimum atomic E-state index is -1.63. The Morgan fingerprint density at radius 1 is 1.00 bits per heavy atom. The van der Waals surface area contributed by atoms with Gasteiger partial charge in [0.2, 0.25) is 5.78 Å². The predicted molar refractivity (Wildman–Crippen MR) is 34.0 cm³/mol. The minimum absolute atomic E-state index is 0. The second-order valence-corrected chi connectivity index (χ2v) is 1.70. The number of carboxylic acid groups (broad SMARTS) is 2. The molecule has 7 heteroatoms. The van der Waals surface area contributed by atoms with E-state index >= 15 is 0 Å². The largest absolute Gasteiger partial charge is 1.00 e. The van der Waals surface area contributed by atoms with Gasteiger partial charge in [0.15, 0.2) is 5.78 Å². The summed E-state index contributed by atoms with van der Waals surface area (Å²) >= 11 is 0. The summed E-state index contributed by atoms with van der Waals surface area (Å²) in [5.41, 5.74) is 0. The zero-order valence-electron chi connectivity index (χ0n) is 7.49. The molecule has 0 atom stereocenters. The van der Waals surface area contributed by atoms with Gasteiger partial charge in [-0.15, -0.1) is 0 Å². The summed E-state index contributed by atoms with van der Waals surface area (Å²) in [6, 6.07) is 0. The van der Waals surface area contributed by atoms with Gasteiger partial charge in [-0.25, -0.2) is 4.79 Å². The van der Waals surface area contributed by atoms with E-state index in [-0.39, 0.29) is 29.6 Å². The number of ketones is 2. The van der Waals surface area contributed by atoms with Gasteiger partial charge in [-0.1, -0.05) is 0 Å². The van der Waals surface area contributed by atoms with Gasteiger partial charge in [0, 0.05) is 13.8 Å². The Bertz CT molecular complexity index is 173. The Labute approximate surface area is 96.2 Å². The molecule has 0 aromatic rings. The Morgan fingerprint density at radius 3 is 1.15 bits per heavy atom. The topological polar surface area (TPSA) is 112 Å². The molecule has 0 unspecified atom stereocenters. The summed E-state index contributed by atoms with van der Waals surface area (Å²) in [5, 5.41) is 16.9. The average Bonchev–Trinajstić information content (AvgIpc) is 1.88. The van der Waals surface area contributed by atoms with Crippen molar-refractivity contribution in [1.29, 1.82) is 0 Å². The van der Waals surface area contributed by atoms with Crippen LogP contribution in [0.25, 0.3) is 0 Å². The third kappa shape index (κ3) is 18.3. The molecule has 0 aliphatic rings. The summed E-state index contributed by atoms with van der Waals surface area (Å²) in [7, 11) is 0. The Hall–Kier alpha value is -0.720. The van der Waals surface area contributed by atoms with E-state index in [4.69, 9.17) is 5.11 Å². The third-order valence-corrected chi connectivity index (χ3v) is 0.589. The number of carboxylic acids is 2. The van der Waals surface area contributed by atoms with Gasteiger partial charge in [-0.05, 0) is 0 Å². The second-order valence-electron chi connectivity index (χ2n) is 1.70. The van der Waals surface area contributed by atoms with Crippen LogP contribution in [0, 0.1) is 0 Å². The van der Waals surface area contributed by atoms with Gasteiger partial charge in [0.25, 0.3) is 0 Å². The Morgan fingerprint density at radius 2 is 1.15 bits per heavy atom. The summed E-state index contributed by atoms with van der Waals surface area (Å²) in [6.07, 6.45) is 0. The molecule has 0 aromatic heterocycles. The maximum absolute atomic E-state index is 9.54. The van der Waals surface area contributed by atoms with Crippen molar-refractivity contribution in [3.05, 3.63) is 0 Å². The molecule has 0 heterocycles. The van der Waals surface area contributed by atoms with Crippen LogP contribution in [0.2, 0.25) is 0 Å². The Kier molecular flexibility index (Phi) is 13.1. The van der Waals surface area contributed by atoms with Crippen LogP contribution in [0.1, 0.15) is 13.8 Å². The number of aliphatic carboxylic acids is 2. The van der Waals surface area contributed by atoms with E-state index in [9.17, 15) is 24.3 Å². The first-order valence-corrected chi connectivity index (χ1v) is 2.74. The average molecular weight is 203 g/mol. The second kappa shape index (κ2) is 9.37. The number of carbonyl (C=O) groups is 4. The van der Waals surface area contributed by atoms with Gasteiger partial charge >= 0.3 is 35.5 Å². The number of rotatable bonds is 2. The first kappa shape index (κ1) is 18.1. The molecule has 0 fully saturated rings. The van der Waals surface area contributed by atoms with E-state index in [0.29, 0.717) is 0 Å². The van der Waals surface area contributed by atoms with Gasteiger partial charge in [0.05, 0.1) is 0 Å². The maximum Gasteiger partial charge on any atom is 1.00 e. The van der Waals surface area contributed by atoms with E-state index in [1.165, 1.54) is 0 Å². The van der Waals surface area contributed by atoms with Crippen molar-refractivity contribution < 1.29 is 58.9 Å². The van der Waals surface area contributed by atoms with Gasteiger partial charge in [-0.3, -0.25) is 9.59 Å². The maximum atomic E-state index is 9.54. The third-order valence-electron chi connectivity index (χ3n) is 0.589. The molecule has 0 amide bonds. The number of Topliss-reactive ketones (excluding diaryl/α,β-unsaturated/α-hetero) is 2. The van der Waals surface area contributed by atoms with Crippen LogP contribution in [0.15, 0.2) is 0 Å². The van der Waals surface area contributed by atoms with E-state index in [1.807, 2.05) is 0 Å². The van der Waals surface area contributed by atoms with E-state index in [1.54, 1.807) is 0 Å². The van der Waals surface area contributed by atoms with Crippen molar-refractivity contribution in [2.45, 2.75) is 13.8 Å². The van der Waals surface area contributed by atoms with Crippen molar-refractivity contribution in [2.75, 3.05) is 0 Å². The van der Waals surface area contributed by atoms with Gasteiger partial charge in [-0.2, -0.15) is 0 Å². The molecule has 0 radical (unpaired) electrons. The number of hydrogen-bond donors (Lipinski definition) is 1. The van der Waals surface area contributed by atoms with Crippen molar-refractivity contribution >= 4 is 23.5 Å². The van der Waals surface area contributed by atoms with Crippen LogP contribution in [0.3, 0.4) is 0 Å². The summed E-state index contributed by atoms with van der Waals surface area (Å²) in [6.45, 7) is 1.94. The molecule has 0 aromatic carbocycles. The fourth-order valence-electron chi connectivity index (χ4n) is 0. The molecule has 0 rings (SSSR count). The van der Waals surface area contributed by atoms with Crippen molar-refractivity contribution in [1.82, 2.24) is 0 Å². The smallest absolute Gasteiger partial charge is 0.542 e. The molecule has 13 heavy (non-hydrogen) atoms. The fraction of sp³-hybridized carbons (Fsp3) is 0.333. The summed E-state index contributed by atoms with van der Waals surface area (Å²) < 4.78 is 0. The zero-order chi connectivity index (χ0) is 10.3. The molecule has 68 valence electrons. The van der Waals surface area contributed by atoms with Crippen LogP contribution in [-0.2, 0) is 19.2 Å². The van der Waals surface area contributed by atoms with Crippen molar-refractivity contribution in [2.24, 2.45) is 0 Å². The summed E-state index contributed by atoms with van der Waals surface area (Å²) in [4.78, 5) is 37.6. The standard InChI is InChI=1S/2C3H4O3.Na/c2*1-2(4)3(5)6;/h2*1H3,(H,5,6);/q;;+1/p-1/i1+1,2+1,3+1;1+1,2+1;. The fourth-order valence-corrected chi connectivity index (χ4v) is 0. The van der Waals surface area contributed by atoms with Crippen LogP contribution in [-0.4, -0.2) is 28.6 Å². The molecule has 6 nitrogen and oxygen atoms in total. The molecule has 1 N–H and O–H groups in total. The molecule has 0 aliphatic heterocycles. The summed E-state index contributed by atoms with van der Waals surface area (Å²) in [5.74, 6) is -4.77. The number of hydrogen-bond acceptors (Lipinski definition) is 5. The van der Waals surface area contributed by atoms with Crippen LogP contribution < -0.4 is 34.7 Å². The first-order valence-electron chi connectivity index (χ1n) is 2.74. The SMILES string of the molecule is [13CH3][13C](=O)C(=O)O.[13CH3][13C](=O)[13C](=O)[O-].[Na+]. The van der Waals surface area contributed by atoms with E-state index < -0.39 is 23.5 Å². The molecule has 0 bridgehead atoms. The van der Waals surface area contributed by atoms with Crippen LogP contribution >= 0.6 is 0 Å². The first-order chi connectivity index (χ1) is 5.29. The van der Waals surface area contributed by atoms with Crippen LogP contribution in [0.5, 0.6) is 0 Å². The molecule has 0 saturated heterocycles. The van der Waals surface area contributed by atoms with Gasteiger partial charge in [0.1, 0.15) is 5.97 Å². The normalized spacial score (nSPS) is 6.92.